The number of benzene rings is 1. The van der Waals surface area contributed by atoms with Crippen LogP contribution in [0.4, 0.5) is 13.2 Å². The number of aliphatic hydroxyl groups excluding tert-OH is 1. The van der Waals surface area contributed by atoms with Crippen LogP contribution in [-0.2, 0) is 9.53 Å². The van der Waals surface area contributed by atoms with E-state index in [0.717, 1.165) is 0 Å². The van der Waals surface area contributed by atoms with Gasteiger partial charge in [0.25, 0.3) is 0 Å². The van der Waals surface area contributed by atoms with Gasteiger partial charge >= 0.3 is 12.1 Å². The number of ether oxygens (including phenoxy) is 1. The number of aliphatic hydroxyl groups is 1. The third-order valence-electron chi connectivity index (χ3n) is 4.62. The zero-order chi connectivity index (χ0) is 17.7. The SMILES string of the molecule is O=C1OC2(CCC(C(F)(F)F)CC2)C(O)=C1c1ccc(Cl)cc1Cl. The highest BCUT2D eigenvalue weighted by atomic mass is 35.5. The zero-order valence-electron chi connectivity index (χ0n) is 12.3. The van der Waals surface area contributed by atoms with Gasteiger partial charge in [0.15, 0.2) is 11.4 Å². The van der Waals surface area contributed by atoms with Gasteiger partial charge in [0.05, 0.1) is 10.9 Å². The van der Waals surface area contributed by atoms with Crippen LogP contribution in [0.1, 0.15) is 31.2 Å². The summed E-state index contributed by atoms with van der Waals surface area (Å²) in [6.45, 7) is 0. The Morgan fingerprint density at radius 2 is 1.83 bits per heavy atom. The molecule has 1 aliphatic carbocycles. The lowest BCUT2D eigenvalue weighted by Gasteiger charge is -2.36. The van der Waals surface area contributed by atoms with E-state index in [1.54, 1.807) is 0 Å². The molecule has 1 fully saturated rings. The lowest BCUT2D eigenvalue weighted by Crippen LogP contribution is -2.40. The number of carbonyl (C=O) groups excluding carboxylic acids is 1. The van der Waals surface area contributed by atoms with Crippen LogP contribution in [-0.4, -0.2) is 22.9 Å². The first-order valence-corrected chi connectivity index (χ1v) is 8.09. The van der Waals surface area contributed by atoms with Gasteiger partial charge in [0.1, 0.15) is 5.57 Å². The van der Waals surface area contributed by atoms with E-state index in [2.05, 4.69) is 0 Å². The fraction of sp³-hybridized carbons (Fsp3) is 0.438. The summed E-state index contributed by atoms with van der Waals surface area (Å²) in [6.07, 6.45) is -4.86. The molecular formula is C16H13Cl2F3O3. The first kappa shape index (κ1) is 17.4. The molecule has 0 aromatic heterocycles. The van der Waals surface area contributed by atoms with Crippen molar-refractivity contribution >= 4 is 34.7 Å². The minimum absolute atomic E-state index is 0.0799. The van der Waals surface area contributed by atoms with Gasteiger partial charge in [-0.1, -0.05) is 29.3 Å². The molecule has 0 atom stereocenters. The molecular weight excluding hydrogens is 368 g/mol. The molecule has 1 aromatic rings. The Morgan fingerprint density at radius 3 is 2.38 bits per heavy atom. The monoisotopic (exact) mass is 380 g/mol. The van der Waals surface area contributed by atoms with Crippen LogP contribution < -0.4 is 0 Å². The maximum atomic E-state index is 12.8. The third kappa shape index (κ3) is 2.86. The molecule has 0 saturated heterocycles. The average Bonchev–Trinajstić information content (AvgIpc) is 2.70. The highest BCUT2D eigenvalue weighted by molar-refractivity contribution is 6.37. The van der Waals surface area contributed by atoms with Gasteiger partial charge in [-0.25, -0.2) is 4.79 Å². The van der Waals surface area contributed by atoms with Crippen LogP contribution in [0.25, 0.3) is 5.57 Å². The lowest BCUT2D eigenvalue weighted by atomic mass is 9.77. The molecule has 1 heterocycles. The minimum atomic E-state index is -4.29. The molecule has 130 valence electrons. The van der Waals surface area contributed by atoms with Gasteiger partial charge in [-0.2, -0.15) is 13.2 Å². The minimum Gasteiger partial charge on any atom is -0.507 e. The van der Waals surface area contributed by atoms with Crippen LogP contribution in [0.15, 0.2) is 24.0 Å². The fourth-order valence-electron chi connectivity index (χ4n) is 3.28. The predicted octanol–water partition coefficient (Wildman–Crippen LogP) is 5.31. The summed E-state index contributed by atoms with van der Waals surface area (Å²) in [7, 11) is 0. The maximum Gasteiger partial charge on any atom is 0.391 e. The van der Waals surface area contributed by atoms with E-state index < -0.39 is 23.7 Å². The summed E-state index contributed by atoms with van der Waals surface area (Å²) in [5, 5.41) is 11.0. The third-order valence-corrected chi connectivity index (χ3v) is 5.17. The smallest absolute Gasteiger partial charge is 0.391 e. The Kier molecular flexibility index (Phi) is 4.24. The second kappa shape index (κ2) is 5.85. The van der Waals surface area contributed by atoms with Crippen molar-refractivity contribution in [3.63, 3.8) is 0 Å². The summed E-state index contributed by atoms with van der Waals surface area (Å²) >= 11 is 11.9. The number of hydrogen-bond acceptors (Lipinski definition) is 3. The largest absolute Gasteiger partial charge is 0.507 e. The molecule has 1 aromatic carbocycles. The number of rotatable bonds is 1. The van der Waals surface area contributed by atoms with E-state index in [1.165, 1.54) is 18.2 Å². The lowest BCUT2D eigenvalue weighted by molar-refractivity contribution is -0.194. The van der Waals surface area contributed by atoms with Crippen molar-refractivity contribution in [3.8, 4) is 0 Å². The number of hydrogen-bond donors (Lipinski definition) is 1. The molecule has 3 rings (SSSR count). The van der Waals surface area contributed by atoms with Crippen molar-refractivity contribution in [2.75, 3.05) is 0 Å². The van der Waals surface area contributed by atoms with Crippen LogP contribution in [0, 0.1) is 5.92 Å². The molecule has 0 radical (unpaired) electrons. The topological polar surface area (TPSA) is 46.5 Å². The summed E-state index contributed by atoms with van der Waals surface area (Å²) in [6, 6.07) is 4.39. The Balaban J connectivity index is 1.94. The highest BCUT2D eigenvalue weighted by Gasteiger charge is 2.54. The highest BCUT2D eigenvalue weighted by Crippen LogP contribution is 2.50. The van der Waals surface area contributed by atoms with Crippen molar-refractivity contribution in [2.45, 2.75) is 37.5 Å². The zero-order valence-corrected chi connectivity index (χ0v) is 13.8. The standard InChI is InChI=1S/C16H13Cl2F3O3/c17-9-1-2-10(11(18)7-9)12-13(22)15(24-14(12)23)5-3-8(4-6-15)16(19,20)21/h1-2,7-8,22H,3-6H2. The van der Waals surface area contributed by atoms with E-state index in [4.69, 9.17) is 27.9 Å². The fourth-order valence-corrected chi connectivity index (χ4v) is 3.78. The van der Waals surface area contributed by atoms with E-state index in [1.807, 2.05) is 0 Å². The Labute approximate surface area is 146 Å². The number of carbonyl (C=O) groups is 1. The molecule has 1 saturated carbocycles. The number of esters is 1. The van der Waals surface area contributed by atoms with Crippen LogP contribution in [0.3, 0.4) is 0 Å². The summed E-state index contributed by atoms with van der Waals surface area (Å²) in [4.78, 5) is 12.2. The molecule has 24 heavy (non-hydrogen) atoms. The van der Waals surface area contributed by atoms with E-state index in [9.17, 15) is 23.1 Å². The Morgan fingerprint density at radius 1 is 1.21 bits per heavy atom. The van der Waals surface area contributed by atoms with E-state index in [-0.39, 0.29) is 47.6 Å². The Hall–Kier alpha value is -1.40. The molecule has 0 amide bonds. The van der Waals surface area contributed by atoms with Gasteiger partial charge in [0, 0.05) is 10.6 Å². The number of alkyl halides is 3. The van der Waals surface area contributed by atoms with Gasteiger partial charge in [0.2, 0.25) is 0 Å². The molecule has 1 spiro atoms. The summed E-state index contributed by atoms with van der Waals surface area (Å²) < 4.78 is 43.7. The molecule has 1 N–H and O–H groups in total. The number of halogens is 5. The molecule has 2 aliphatic rings. The van der Waals surface area contributed by atoms with Gasteiger partial charge < -0.3 is 9.84 Å². The van der Waals surface area contributed by atoms with Gasteiger partial charge in [-0.15, -0.1) is 0 Å². The van der Waals surface area contributed by atoms with E-state index >= 15 is 0 Å². The van der Waals surface area contributed by atoms with Gasteiger partial charge in [-0.05, 0) is 37.8 Å². The van der Waals surface area contributed by atoms with E-state index in [0.29, 0.717) is 5.02 Å². The normalized spacial score (nSPS) is 27.7. The van der Waals surface area contributed by atoms with Crippen molar-refractivity contribution in [1.29, 1.82) is 0 Å². The quantitative estimate of drug-likeness (QED) is 0.671. The molecule has 3 nitrogen and oxygen atoms in total. The molecule has 8 heteroatoms. The Bertz CT molecular complexity index is 720. The second-order valence-electron chi connectivity index (χ2n) is 6.05. The molecule has 0 bridgehead atoms. The molecule has 0 unspecified atom stereocenters. The summed E-state index contributed by atoms with van der Waals surface area (Å²) in [5.74, 6) is -2.59. The van der Waals surface area contributed by atoms with Crippen molar-refractivity contribution in [1.82, 2.24) is 0 Å². The van der Waals surface area contributed by atoms with Crippen LogP contribution in [0.5, 0.6) is 0 Å². The maximum absolute atomic E-state index is 12.8. The second-order valence-corrected chi connectivity index (χ2v) is 6.89. The first-order chi connectivity index (χ1) is 11.1. The molecule has 1 aliphatic heterocycles. The first-order valence-electron chi connectivity index (χ1n) is 7.33. The summed E-state index contributed by atoms with van der Waals surface area (Å²) in [5.41, 5.74) is -1.25. The average molecular weight is 381 g/mol. The van der Waals surface area contributed by atoms with Gasteiger partial charge in [-0.3, -0.25) is 0 Å². The van der Waals surface area contributed by atoms with Crippen molar-refractivity contribution < 1.29 is 27.8 Å². The van der Waals surface area contributed by atoms with Crippen LogP contribution >= 0.6 is 23.2 Å². The van der Waals surface area contributed by atoms with Crippen LogP contribution in [0.2, 0.25) is 10.0 Å². The van der Waals surface area contributed by atoms with Crippen molar-refractivity contribution in [3.05, 3.63) is 39.6 Å². The predicted molar refractivity (Wildman–Crippen MR) is 82.8 cm³/mol. The van der Waals surface area contributed by atoms with Crippen molar-refractivity contribution in [2.24, 2.45) is 5.92 Å².